The predicted octanol–water partition coefficient (Wildman–Crippen LogP) is 3.21. The fourth-order valence-corrected chi connectivity index (χ4v) is 2.52. The Morgan fingerprint density at radius 3 is 2.75 bits per heavy atom. The van der Waals surface area contributed by atoms with E-state index >= 15 is 0 Å². The topological polar surface area (TPSA) is 54.0 Å². The second-order valence-corrected chi connectivity index (χ2v) is 5.18. The van der Waals surface area contributed by atoms with Crippen molar-refractivity contribution in [3.8, 4) is 0 Å². The summed E-state index contributed by atoms with van der Waals surface area (Å²) in [6.07, 6.45) is 0. The average molecular weight is 293 g/mol. The van der Waals surface area contributed by atoms with Gasteiger partial charge in [0.05, 0.1) is 5.69 Å². The van der Waals surface area contributed by atoms with Crippen molar-refractivity contribution in [1.82, 2.24) is 10.3 Å². The molecule has 0 aliphatic heterocycles. The average Bonchev–Trinajstić information content (AvgIpc) is 2.88. The van der Waals surface area contributed by atoms with E-state index in [2.05, 4.69) is 15.6 Å². The minimum atomic E-state index is -0.363. The van der Waals surface area contributed by atoms with Gasteiger partial charge in [-0.05, 0) is 37.7 Å². The van der Waals surface area contributed by atoms with Crippen LogP contribution in [0, 0.1) is 5.82 Å². The molecular formula is C14H16FN3OS. The maximum Gasteiger partial charge on any atom is 0.257 e. The van der Waals surface area contributed by atoms with Gasteiger partial charge in [0.1, 0.15) is 5.82 Å². The number of amides is 1. The third-order valence-electron chi connectivity index (χ3n) is 2.80. The second kappa shape index (κ2) is 6.58. The minimum Gasteiger partial charge on any atom is -0.309 e. The van der Waals surface area contributed by atoms with Crippen molar-refractivity contribution < 1.29 is 9.18 Å². The predicted molar refractivity (Wildman–Crippen MR) is 78.6 cm³/mol. The number of nitrogens with zero attached hydrogens (tertiary/aromatic N) is 1. The molecule has 1 heterocycles. The molecule has 0 aliphatic carbocycles. The summed E-state index contributed by atoms with van der Waals surface area (Å²) in [6.45, 7) is 4.90. The van der Waals surface area contributed by atoms with Gasteiger partial charge in [0.25, 0.3) is 5.91 Å². The van der Waals surface area contributed by atoms with Crippen molar-refractivity contribution >= 4 is 22.4 Å². The summed E-state index contributed by atoms with van der Waals surface area (Å²) < 4.78 is 12.8. The Kier molecular flexibility index (Phi) is 4.81. The van der Waals surface area contributed by atoms with Crippen molar-refractivity contribution in [2.24, 2.45) is 0 Å². The molecular weight excluding hydrogens is 277 g/mol. The first-order valence-corrected chi connectivity index (χ1v) is 7.24. The van der Waals surface area contributed by atoms with E-state index in [-0.39, 0.29) is 17.8 Å². The van der Waals surface area contributed by atoms with Crippen molar-refractivity contribution in [2.45, 2.75) is 19.9 Å². The van der Waals surface area contributed by atoms with Crippen LogP contribution < -0.4 is 10.6 Å². The lowest BCUT2D eigenvalue weighted by Crippen LogP contribution is -2.18. The van der Waals surface area contributed by atoms with Crippen molar-refractivity contribution in [1.29, 1.82) is 0 Å². The lowest BCUT2D eigenvalue weighted by atomic mass is 10.2. The molecule has 1 aromatic heterocycles. The van der Waals surface area contributed by atoms with Crippen LogP contribution in [-0.2, 0) is 0 Å². The highest BCUT2D eigenvalue weighted by Gasteiger charge is 2.12. The summed E-state index contributed by atoms with van der Waals surface area (Å²) in [6, 6.07) is 5.55. The van der Waals surface area contributed by atoms with E-state index in [1.54, 1.807) is 0 Å². The Morgan fingerprint density at radius 1 is 1.40 bits per heavy atom. The first-order chi connectivity index (χ1) is 9.60. The number of carbonyl (C=O) groups is 1. The van der Waals surface area contributed by atoms with Gasteiger partial charge in [0, 0.05) is 17.0 Å². The molecule has 0 aliphatic rings. The van der Waals surface area contributed by atoms with E-state index in [4.69, 9.17) is 0 Å². The Bertz CT molecular complexity index is 582. The number of aromatic nitrogens is 1. The van der Waals surface area contributed by atoms with Crippen LogP contribution in [0.25, 0.3) is 0 Å². The van der Waals surface area contributed by atoms with E-state index in [0.717, 1.165) is 12.2 Å². The Morgan fingerprint density at radius 2 is 2.10 bits per heavy atom. The van der Waals surface area contributed by atoms with Gasteiger partial charge < -0.3 is 5.32 Å². The van der Waals surface area contributed by atoms with E-state index in [9.17, 15) is 9.18 Å². The zero-order chi connectivity index (χ0) is 14.5. The number of benzene rings is 1. The highest BCUT2D eigenvalue weighted by molar-refractivity contribution is 7.14. The summed E-state index contributed by atoms with van der Waals surface area (Å²) >= 11 is 1.37. The number of hydrogen-bond acceptors (Lipinski definition) is 4. The normalized spacial score (nSPS) is 12.2. The monoisotopic (exact) mass is 293 g/mol. The van der Waals surface area contributed by atoms with E-state index < -0.39 is 0 Å². The van der Waals surface area contributed by atoms with Crippen LogP contribution in [-0.4, -0.2) is 17.4 Å². The van der Waals surface area contributed by atoms with Crippen LogP contribution in [0.5, 0.6) is 0 Å². The van der Waals surface area contributed by atoms with Crippen molar-refractivity contribution in [2.75, 3.05) is 11.9 Å². The van der Waals surface area contributed by atoms with Gasteiger partial charge in [0.15, 0.2) is 5.13 Å². The molecule has 1 atom stereocenters. The largest absolute Gasteiger partial charge is 0.309 e. The first-order valence-electron chi connectivity index (χ1n) is 6.36. The summed E-state index contributed by atoms with van der Waals surface area (Å²) in [7, 11) is 0. The van der Waals surface area contributed by atoms with E-state index in [0.29, 0.717) is 10.7 Å². The number of carbonyl (C=O) groups excluding carboxylic acids is 1. The maximum atomic E-state index is 12.8. The Balaban J connectivity index is 2.03. The molecule has 0 spiro atoms. The second-order valence-electron chi connectivity index (χ2n) is 4.32. The molecule has 0 fully saturated rings. The number of rotatable bonds is 5. The number of thiazole rings is 1. The van der Waals surface area contributed by atoms with Crippen LogP contribution in [0.1, 0.15) is 35.9 Å². The van der Waals surface area contributed by atoms with Gasteiger partial charge in [-0.2, -0.15) is 0 Å². The van der Waals surface area contributed by atoms with Crippen LogP contribution in [0.15, 0.2) is 29.6 Å². The molecule has 2 aromatic rings. The van der Waals surface area contributed by atoms with Gasteiger partial charge in [-0.25, -0.2) is 9.37 Å². The lowest BCUT2D eigenvalue weighted by molar-refractivity contribution is 0.102. The number of halogens is 1. The summed E-state index contributed by atoms with van der Waals surface area (Å²) in [5.74, 6) is -0.653. The molecule has 0 bridgehead atoms. The van der Waals surface area contributed by atoms with Crippen LogP contribution in [0.4, 0.5) is 9.52 Å². The fourth-order valence-electron chi connectivity index (χ4n) is 1.72. The van der Waals surface area contributed by atoms with Gasteiger partial charge >= 0.3 is 0 Å². The standard InChI is InChI=1S/C14H16FN3OS/c1-3-16-9(2)12-8-20-14(17-12)18-13(19)10-4-6-11(15)7-5-10/h4-9,16H,3H2,1-2H3,(H,17,18,19). The summed E-state index contributed by atoms with van der Waals surface area (Å²) in [5.41, 5.74) is 1.30. The molecule has 0 radical (unpaired) electrons. The smallest absolute Gasteiger partial charge is 0.257 e. The van der Waals surface area contributed by atoms with Crippen LogP contribution in [0.2, 0.25) is 0 Å². The Hall–Kier alpha value is -1.79. The van der Waals surface area contributed by atoms with E-state index in [1.165, 1.54) is 35.6 Å². The molecule has 1 aromatic carbocycles. The molecule has 4 nitrogen and oxygen atoms in total. The number of hydrogen-bond donors (Lipinski definition) is 2. The number of nitrogens with one attached hydrogen (secondary N) is 2. The summed E-state index contributed by atoms with van der Waals surface area (Å²) in [4.78, 5) is 16.3. The molecule has 2 N–H and O–H groups in total. The molecule has 6 heteroatoms. The lowest BCUT2D eigenvalue weighted by Gasteiger charge is -2.08. The van der Waals surface area contributed by atoms with Crippen molar-refractivity contribution in [3.63, 3.8) is 0 Å². The third-order valence-corrected chi connectivity index (χ3v) is 3.58. The molecule has 106 valence electrons. The highest BCUT2D eigenvalue weighted by atomic mass is 32.1. The van der Waals surface area contributed by atoms with E-state index in [1.807, 2.05) is 19.2 Å². The van der Waals surface area contributed by atoms with Gasteiger partial charge in [-0.15, -0.1) is 11.3 Å². The van der Waals surface area contributed by atoms with Crippen molar-refractivity contribution in [3.05, 3.63) is 46.7 Å². The SMILES string of the molecule is CCNC(C)c1csc(NC(=O)c2ccc(F)cc2)n1. The zero-order valence-corrected chi connectivity index (χ0v) is 12.1. The third kappa shape index (κ3) is 3.61. The van der Waals surface area contributed by atoms with Gasteiger partial charge in [-0.3, -0.25) is 10.1 Å². The first kappa shape index (κ1) is 14.6. The molecule has 0 saturated carbocycles. The Labute approximate surface area is 121 Å². The summed E-state index contributed by atoms with van der Waals surface area (Å²) in [5, 5.41) is 8.42. The van der Waals surface area contributed by atoms with Gasteiger partial charge in [0.2, 0.25) is 0 Å². The molecule has 2 rings (SSSR count). The molecule has 20 heavy (non-hydrogen) atoms. The maximum absolute atomic E-state index is 12.8. The molecule has 0 saturated heterocycles. The van der Waals surface area contributed by atoms with Crippen LogP contribution in [0.3, 0.4) is 0 Å². The van der Waals surface area contributed by atoms with Crippen LogP contribution >= 0.6 is 11.3 Å². The molecule has 1 amide bonds. The molecule has 1 unspecified atom stereocenters. The fraction of sp³-hybridized carbons (Fsp3) is 0.286. The highest BCUT2D eigenvalue weighted by Crippen LogP contribution is 2.21. The zero-order valence-electron chi connectivity index (χ0n) is 11.3. The quantitative estimate of drug-likeness (QED) is 0.890. The number of anilines is 1. The minimum absolute atomic E-state index is 0.146. The van der Waals surface area contributed by atoms with Gasteiger partial charge in [-0.1, -0.05) is 6.92 Å².